The number of aliphatic hydroxyl groups excluding tert-OH is 2. The van der Waals surface area contributed by atoms with E-state index in [4.69, 9.17) is 24.7 Å². The van der Waals surface area contributed by atoms with Crippen molar-refractivity contribution in [1.82, 2.24) is 20.5 Å². The van der Waals surface area contributed by atoms with Gasteiger partial charge in [-0.25, -0.2) is 0 Å². The number of ether oxygens (including phenoxy) is 4. The number of phenolic OH excluding ortho intramolecular Hbond substituents is 3. The summed E-state index contributed by atoms with van der Waals surface area (Å²) in [5.41, 5.74) is 21.7. The number of methoxy groups -OCH3 is 1. The van der Waals surface area contributed by atoms with E-state index in [1.165, 1.54) is 41.5 Å². The standard InChI is InChI=1S/C79H88N6O9/c1-81-77(80)82-39-53-33-51-17-14-45(12-13-46-16-25-65(88)52(30-46)31-47-8-6-11-59(87)32-47)15-22-60-62-24-27-70(91-2)83-75(62)84-76-71(60)73(53)94-68(51)38-66(89)50-19-23-61-63(36-50)55(42-86)37-67(90)74(61)92-43-56-35-58(34-54-40-85(76)41-64(54)56)79-57-21-18-48-9-7-10-49(72(48)79)20-26-69(79)78(93-44-57)28-4-3-5-29-78/h6-11,16,19,23,25,30,32-35,37,40-41,45,50-51,57,66,68-70,73,75,83-84,86-90H,3-5,12-14,17-18,20-21,24,26-29,31,36,38-39,42-44H2,1-2H3,(H3,80,81,82). The fourth-order valence-corrected chi connectivity index (χ4v) is 19.0. The highest BCUT2D eigenvalue weighted by atomic mass is 16.5. The number of hydrogen-bond acceptors (Lipinski definition) is 12. The largest absolute Gasteiger partial charge is 0.508 e. The van der Waals surface area contributed by atoms with Crippen LogP contribution in [0.2, 0.25) is 0 Å². The molecule has 18 rings (SSSR count). The van der Waals surface area contributed by atoms with Crippen molar-refractivity contribution in [3.63, 3.8) is 0 Å². The van der Waals surface area contributed by atoms with Crippen molar-refractivity contribution >= 4 is 28.6 Å². The Hall–Kier alpha value is -7.81. The zero-order valence-corrected chi connectivity index (χ0v) is 54.1. The molecule has 2 saturated heterocycles. The molecule has 15 nitrogen and oxygen atoms in total. The highest BCUT2D eigenvalue weighted by Gasteiger charge is 2.63. The highest BCUT2D eigenvalue weighted by molar-refractivity contribution is 5.89. The number of dihydropyridines is 1. The van der Waals surface area contributed by atoms with Crippen molar-refractivity contribution in [2.24, 2.45) is 40.3 Å². The molecule has 0 amide bonds. The Bertz CT molecular complexity index is 4200. The molecule has 11 unspecified atom stereocenters. The number of phenols is 3. The number of aromatic nitrogens is 1. The molecule has 5 aliphatic carbocycles. The lowest BCUT2D eigenvalue weighted by atomic mass is 9.45. The quantitative estimate of drug-likeness (QED) is 0.0270. The summed E-state index contributed by atoms with van der Waals surface area (Å²) in [6.45, 7) is 0.933. The third kappa shape index (κ3) is 10.6. The highest BCUT2D eigenvalue weighted by Crippen LogP contribution is 2.64. The average molecular weight is 1270 g/mol. The van der Waals surface area contributed by atoms with Crippen LogP contribution in [0.25, 0.3) is 22.7 Å². The molecule has 8 heterocycles. The minimum Gasteiger partial charge on any atom is -0.508 e. The Morgan fingerprint density at radius 3 is 2.56 bits per heavy atom. The van der Waals surface area contributed by atoms with Crippen molar-refractivity contribution < 1.29 is 44.5 Å². The second-order valence-electron chi connectivity index (χ2n) is 28.6. The lowest BCUT2D eigenvalue weighted by Gasteiger charge is -2.63. The number of benzene rings is 5. The summed E-state index contributed by atoms with van der Waals surface area (Å²) in [7, 11) is 3.45. The van der Waals surface area contributed by atoms with Gasteiger partial charge in [-0.3, -0.25) is 10.3 Å². The molecule has 1 saturated carbocycles. The van der Waals surface area contributed by atoms with E-state index in [1.807, 2.05) is 24.3 Å². The lowest BCUT2D eigenvalue weighted by Crippen LogP contribution is -2.64. The maximum atomic E-state index is 12.9. The summed E-state index contributed by atoms with van der Waals surface area (Å²) in [6, 6.07) is 26.8. The maximum Gasteiger partial charge on any atom is 0.188 e. The van der Waals surface area contributed by atoms with Crippen LogP contribution in [-0.4, -0.2) is 99.7 Å². The van der Waals surface area contributed by atoms with Crippen LogP contribution in [0.5, 0.6) is 23.0 Å². The van der Waals surface area contributed by atoms with Gasteiger partial charge >= 0.3 is 0 Å². The number of fused-ring (bicyclic) bond motifs is 7. The third-order valence-electron chi connectivity index (χ3n) is 23.6. The van der Waals surface area contributed by atoms with E-state index >= 15 is 0 Å². The van der Waals surface area contributed by atoms with Crippen LogP contribution in [0.3, 0.4) is 0 Å². The average Bonchev–Trinajstić information content (AvgIpc) is 0.788. The van der Waals surface area contributed by atoms with Gasteiger partial charge < -0.3 is 65.4 Å². The number of hydrogen-bond donors (Lipinski definition) is 9. The fraction of sp³-hybridized carbons (Fsp3) is 0.456. The number of aliphatic imine (C=N–C) groups is 1. The number of piperidine rings is 1. The predicted octanol–water partition coefficient (Wildman–Crippen LogP) is 11.2. The second-order valence-corrected chi connectivity index (χ2v) is 28.6. The molecule has 10 N–H and O–H groups in total. The molecule has 1 spiro atoms. The Kier molecular flexibility index (Phi) is 16.1. The molecular weight excluding hydrogens is 1180 g/mol. The summed E-state index contributed by atoms with van der Waals surface area (Å²) < 4.78 is 30.8. The number of nitrogens with two attached hydrogens (primary N) is 1. The van der Waals surface area contributed by atoms with Gasteiger partial charge in [-0.05, 0) is 187 Å². The molecule has 488 valence electrons. The SMILES string of the molecule is CN=C(N)NCC1=CC2CCC(CCc3ccc(O)c(Cc4cccc(O)c4)c3)C#CC3=C4CCC(OC)NC4NC4=C3C1OC2CC(O)C1C=Cc2c(c(CO)cc(O)c2OCc2cc(C35c6c7cccc6CCC3C3(CCCCC3)OCC5CC7)cc3cn4cc23)C1. The van der Waals surface area contributed by atoms with E-state index in [0.717, 1.165) is 143 Å². The van der Waals surface area contributed by atoms with Crippen molar-refractivity contribution in [3.8, 4) is 34.8 Å². The number of nitrogens with zero attached hydrogens (tertiary/aromatic N) is 2. The number of aliphatic hydroxyl groups is 2. The normalized spacial score (nSPS) is 28.9. The van der Waals surface area contributed by atoms with Gasteiger partial charge in [0.1, 0.15) is 42.4 Å². The fourth-order valence-electron chi connectivity index (χ4n) is 19.0. The van der Waals surface area contributed by atoms with E-state index in [0.29, 0.717) is 56.1 Å². The van der Waals surface area contributed by atoms with Gasteiger partial charge in [-0.2, -0.15) is 0 Å². The van der Waals surface area contributed by atoms with E-state index in [1.54, 1.807) is 38.4 Å². The number of aryl methyl sites for hydroxylation is 3. The van der Waals surface area contributed by atoms with E-state index in [9.17, 15) is 25.5 Å². The summed E-state index contributed by atoms with van der Waals surface area (Å²) in [6.07, 6.45) is 23.9. The minimum absolute atomic E-state index is 0.0321. The van der Waals surface area contributed by atoms with Crippen LogP contribution in [0.15, 0.2) is 131 Å². The summed E-state index contributed by atoms with van der Waals surface area (Å²) in [5.74, 6) is 9.80. The van der Waals surface area contributed by atoms with E-state index in [-0.39, 0.29) is 83.5 Å². The van der Waals surface area contributed by atoms with E-state index in [2.05, 4.69) is 98.3 Å². The van der Waals surface area contributed by atoms with Crippen LogP contribution in [0, 0.1) is 41.4 Å². The topological polar surface area (TPSA) is 217 Å². The molecule has 15 heteroatoms. The molecule has 3 fully saturated rings. The molecule has 7 aliphatic heterocycles. The molecule has 0 radical (unpaired) electrons. The molecule has 6 aromatic rings. The third-order valence-corrected chi connectivity index (χ3v) is 23.6. The zero-order valence-electron chi connectivity index (χ0n) is 54.1. The van der Waals surface area contributed by atoms with Gasteiger partial charge in [-0.1, -0.05) is 97.9 Å². The smallest absolute Gasteiger partial charge is 0.188 e. The van der Waals surface area contributed by atoms with Crippen LogP contribution in [0.4, 0.5) is 0 Å². The van der Waals surface area contributed by atoms with Crippen molar-refractivity contribution in [1.29, 1.82) is 0 Å². The molecule has 12 aliphatic rings. The first-order chi connectivity index (χ1) is 45.9. The molecule has 11 atom stereocenters. The minimum atomic E-state index is -0.851. The van der Waals surface area contributed by atoms with Crippen molar-refractivity contribution in [2.75, 3.05) is 27.3 Å². The molecule has 10 bridgehead atoms. The van der Waals surface area contributed by atoms with Crippen LogP contribution < -0.4 is 26.4 Å². The monoisotopic (exact) mass is 1260 g/mol. The van der Waals surface area contributed by atoms with Gasteiger partial charge in [0.25, 0.3) is 0 Å². The Labute approximate surface area is 550 Å². The van der Waals surface area contributed by atoms with Gasteiger partial charge in [0.2, 0.25) is 0 Å². The molecule has 94 heavy (non-hydrogen) atoms. The predicted molar refractivity (Wildman–Crippen MR) is 364 cm³/mol. The van der Waals surface area contributed by atoms with Gasteiger partial charge in [0.05, 0.1) is 31.0 Å². The van der Waals surface area contributed by atoms with Crippen molar-refractivity contribution in [3.05, 3.63) is 187 Å². The van der Waals surface area contributed by atoms with E-state index < -0.39 is 18.3 Å². The molecular formula is C79H88N6O9. The first kappa shape index (κ1) is 61.1. The summed E-state index contributed by atoms with van der Waals surface area (Å²) in [4.78, 5) is 4.35. The number of guanidine groups is 1. The van der Waals surface area contributed by atoms with Gasteiger partial charge in [-0.15, -0.1) is 0 Å². The van der Waals surface area contributed by atoms with Gasteiger partial charge in [0, 0.05) is 103 Å². The lowest BCUT2D eigenvalue weighted by molar-refractivity contribution is -0.193. The molecule has 5 aromatic carbocycles. The first-order valence-electron chi connectivity index (χ1n) is 34.7. The van der Waals surface area contributed by atoms with Crippen LogP contribution in [0.1, 0.15) is 145 Å². The summed E-state index contributed by atoms with van der Waals surface area (Å²) in [5, 5.41) is 71.0. The van der Waals surface area contributed by atoms with Crippen LogP contribution >= 0.6 is 0 Å². The number of aromatic hydroxyl groups is 3. The molecule has 1 aromatic heterocycles. The van der Waals surface area contributed by atoms with Gasteiger partial charge in [0.15, 0.2) is 17.5 Å². The summed E-state index contributed by atoms with van der Waals surface area (Å²) >= 11 is 0. The Balaban J connectivity index is 0.914. The zero-order chi connectivity index (χ0) is 64.0. The Morgan fingerprint density at radius 2 is 1.73 bits per heavy atom. The Morgan fingerprint density at radius 1 is 0.883 bits per heavy atom. The van der Waals surface area contributed by atoms with Crippen molar-refractivity contribution in [2.45, 2.75) is 171 Å². The first-order valence-corrected chi connectivity index (χ1v) is 34.7. The van der Waals surface area contributed by atoms with Crippen LogP contribution in [-0.2, 0) is 64.9 Å². The second kappa shape index (κ2) is 24.8. The number of rotatable bonds is 10. The maximum absolute atomic E-state index is 12.9. The number of nitrogens with one attached hydrogen (secondary N) is 3.